The molecule has 0 spiro atoms. The number of aryl methyl sites for hydroxylation is 1. The molecule has 0 saturated carbocycles. The average molecular weight is 312 g/mol. The number of methoxy groups -OCH3 is 1. The minimum atomic E-state index is 0.646. The summed E-state index contributed by atoms with van der Waals surface area (Å²) in [5, 5.41) is 3.33. The molecule has 23 heavy (non-hydrogen) atoms. The normalized spacial score (nSPS) is 14.6. The van der Waals surface area contributed by atoms with E-state index in [-0.39, 0.29) is 0 Å². The van der Waals surface area contributed by atoms with E-state index in [2.05, 4.69) is 21.3 Å². The Bertz CT molecular complexity index is 653. The molecule has 2 heterocycles. The monoisotopic (exact) mass is 312 g/mol. The third kappa shape index (κ3) is 3.92. The predicted octanol–water partition coefficient (Wildman–Crippen LogP) is 3.40. The summed E-state index contributed by atoms with van der Waals surface area (Å²) < 4.78 is 5.39. The Kier molecular flexibility index (Phi) is 4.95. The molecule has 2 aromatic rings. The Hall–Kier alpha value is -2.30. The maximum atomic E-state index is 5.39. The third-order valence-electron chi connectivity index (χ3n) is 4.15. The van der Waals surface area contributed by atoms with Crippen molar-refractivity contribution < 1.29 is 4.74 Å². The number of ether oxygens (including phenoxy) is 1. The molecule has 0 atom stereocenters. The minimum absolute atomic E-state index is 0.646. The topological polar surface area (TPSA) is 50.3 Å². The summed E-state index contributed by atoms with van der Waals surface area (Å²) in [5.74, 6) is 2.58. The van der Waals surface area contributed by atoms with E-state index in [0.717, 1.165) is 35.9 Å². The van der Waals surface area contributed by atoms with Crippen molar-refractivity contribution in [3.05, 3.63) is 41.6 Å². The zero-order valence-electron chi connectivity index (χ0n) is 13.9. The van der Waals surface area contributed by atoms with Crippen molar-refractivity contribution in [1.29, 1.82) is 0 Å². The summed E-state index contributed by atoms with van der Waals surface area (Å²) in [5.41, 5.74) is 2.09. The van der Waals surface area contributed by atoms with Crippen molar-refractivity contribution in [2.45, 2.75) is 32.7 Å². The lowest BCUT2D eigenvalue weighted by Crippen LogP contribution is -2.30. The molecular formula is C18H24N4O. The number of piperidine rings is 1. The number of para-hydroxylation sites is 1. The first-order chi connectivity index (χ1) is 11.3. The zero-order chi connectivity index (χ0) is 16.1. The van der Waals surface area contributed by atoms with Crippen LogP contribution in [0.5, 0.6) is 5.75 Å². The SMILES string of the molecule is COc1ccccc1CNc1nc(C)cc(N2CCCCC2)n1. The van der Waals surface area contributed by atoms with E-state index >= 15 is 0 Å². The molecule has 1 saturated heterocycles. The fourth-order valence-electron chi connectivity index (χ4n) is 2.94. The van der Waals surface area contributed by atoms with Crippen LogP contribution in [0.4, 0.5) is 11.8 Å². The largest absolute Gasteiger partial charge is 0.496 e. The minimum Gasteiger partial charge on any atom is -0.496 e. The van der Waals surface area contributed by atoms with Crippen LogP contribution in [0.3, 0.4) is 0 Å². The first kappa shape index (κ1) is 15.6. The van der Waals surface area contributed by atoms with Gasteiger partial charge < -0.3 is 15.0 Å². The number of aromatic nitrogens is 2. The molecule has 0 bridgehead atoms. The molecule has 5 nitrogen and oxygen atoms in total. The lowest BCUT2D eigenvalue weighted by Gasteiger charge is -2.28. The molecule has 122 valence electrons. The first-order valence-electron chi connectivity index (χ1n) is 8.22. The van der Waals surface area contributed by atoms with Gasteiger partial charge in [0.2, 0.25) is 5.95 Å². The summed E-state index contributed by atoms with van der Waals surface area (Å²) in [4.78, 5) is 11.6. The lowest BCUT2D eigenvalue weighted by atomic mass is 10.1. The summed E-state index contributed by atoms with van der Waals surface area (Å²) in [6.45, 7) is 4.83. The Morgan fingerprint density at radius 3 is 2.70 bits per heavy atom. The molecule has 1 aromatic carbocycles. The van der Waals surface area contributed by atoms with Gasteiger partial charge in [-0.1, -0.05) is 18.2 Å². The molecule has 0 aliphatic carbocycles. The summed E-state index contributed by atoms with van der Waals surface area (Å²) in [6, 6.07) is 10.1. The third-order valence-corrected chi connectivity index (χ3v) is 4.15. The highest BCUT2D eigenvalue weighted by atomic mass is 16.5. The summed E-state index contributed by atoms with van der Waals surface area (Å²) in [6.07, 6.45) is 3.81. The van der Waals surface area contributed by atoms with Gasteiger partial charge in [0, 0.05) is 37.0 Å². The molecular weight excluding hydrogens is 288 g/mol. The number of anilines is 2. The van der Waals surface area contributed by atoms with Crippen LogP contribution in [-0.2, 0) is 6.54 Å². The van der Waals surface area contributed by atoms with Crippen LogP contribution in [-0.4, -0.2) is 30.2 Å². The second-order valence-corrected chi connectivity index (χ2v) is 5.90. The number of hydrogen-bond donors (Lipinski definition) is 1. The molecule has 5 heteroatoms. The van der Waals surface area contributed by atoms with Crippen molar-refractivity contribution in [1.82, 2.24) is 9.97 Å². The van der Waals surface area contributed by atoms with Crippen LogP contribution in [0.2, 0.25) is 0 Å². The molecule has 1 aliphatic rings. The van der Waals surface area contributed by atoms with Gasteiger partial charge in [0.1, 0.15) is 11.6 Å². The zero-order valence-corrected chi connectivity index (χ0v) is 13.9. The van der Waals surface area contributed by atoms with Crippen LogP contribution in [0, 0.1) is 6.92 Å². The van der Waals surface area contributed by atoms with Crippen molar-refractivity contribution in [3.8, 4) is 5.75 Å². The van der Waals surface area contributed by atoms with Gasteiger partial charge in [-0.25, -0.2) is 4.98 Å². The molecule has 1 N–H and O–H groups in total. The number of hydrogen-bond acceptors (Lipinski definition) is 5. The molecule has 3 rings (SSSR count). The highest BCUT2D eigenvalue weighted by Crippen LogP contribution is 2.21. The van der Waals surface area contributed by atoms with E-state index in [1.165, 1.54) is 19.3 Å². The summed E-state index contributed by atoms with van der Waals surface area (Å²) >= 11 is 0. The Balaban J connectivity index is 1.73. The van der Waals surface area contributed by atoms with E-state index in [4.69, 9.17) is 9.72 Å². The number of rotatable bonds is 5. The maximum absolute atomic E-state index is 5.39. The van der Waals surface area contributed by atoms with Gasteiger partial charge in [0.25, 0.3) is 0 Å². The molecule has 1 fully saturated rings. The van der Waals surface area contributed by atoms with Crippen LogP contribution in [0.15, 0.2) is 30.3 Å². The smallest absolute Gasteiger partial charge is 0.225 e. The predicted molar refractivity (Wildman–Crippen MR) is 93.2 cm³/mol. The van der Waals surface area contributed by atoms with E-state index in [1.807, 2.05) is 31.2 Å². The molecule has 1 aromatic heterocycles. The van der Waals surface area contributed by atoms with Gasteiger partial charge in [-0.15, -0.1) is 0 Å². The first-order valence-corrected chi connectivity index (χ1v) is 8.22. The molecule has 1 aliphatic heterocycles. The van der Waals surface area contributed by atoms with Crippen molar-refractivity contribution in [2.75, 3.05) is 30.4 Å². The summed E-state index contributed by atoms with van der Waals surface area (Å²) in [7, 11) is 1.69. The highest BCUT2D eigenvalue weighted by Gasteiger charge is 2.14. The van der Waals surface area contributed by atoms with Gasteiger partial charge in [0.15, 0.2) is 0 Å². The number of nitrogens with zero attached hydrogens (tertiary/aromatic N) is 3. The standard InChI is InChI=1S/C18H24N4O/c1-14-12-17(22-10-6-3-7-11-22)21-18(20-14)19-13-15-8-4-5-9-16(15)23-2/h4-5,8-9,12H,3,6-7,10-11,13H2,1-2H3,(H,19,20,21). The van der Waals surface area contributed by atoms with Gasteiger partial charge in [-0.2, -0.15) is 4.98 Å². The average Bonchev–Trinajstić information content (AvgIpc) is 2.60. The van der Waals surface area contributed by atoms with Gasteiger partial charge >= 0.3 is 0 Å². The Labute approximate surface area is 137 Å². The van der Waals surface area contributed by atoms with E-state index in [0.29, 0.717) is 12.5 Å². The van der Waals surface area contributed by atoms with Gasteiger partial charge in [-0.3, -0.25) is 0 Å². The van der Waals surface area contributed by atoms with Gasteiger partial charge in [0.05, 0.1) is 7.11 Å². The van der Waals surface area contributed by atoms with E-state index in [9.17, 15) is 0 Å². The Morgan fingerprint density at radius 1 is 1.13 bits per heavy atom. The maximum Gasteiger partial charge on any atom is 0.225 e. The van der Waals surface area contributed by atoms with E-state index < -0.39 is 0 Å². The van der Waals surface area contributed by atoms with Gasteiger partial charge in [-0.05, 0) is 32.3 Å². The van der Waals surface area contributed by atoms with Crippen LogP contribution >= 0.6 is 0 Å². The fourth-order valence-corrected chi connectivity index (χ4v) is 2.94. The van der Waals surface area contributed by atoms with Crippen molar-refractivity contribution in [2.24, 2.45) is 0 Å². The van der Waals surface area contributed by atoms with Crippen molar-refractivity contribution in [3.63, 3.8) is 0 Å². The second kappa shape index (κ2) is 7.31. The number of nitrogens with one attached hydrogen (secondary N) is 1. The molecule has 0 unspecified atom stereocenters. The van der Waals surface area contributed by atoms with Crippen LogP contribution in [0.25, 0.3) is 0 Å². The van der Waals surface area contributed by atoms with Crippen molar-refractivity contribution >= 4 is 11.8 Å². The quantitative estimate of drug-likeness (QED) is 0.917. The number of benzene rings is 1. The van der Waals surface area contributed by atoms with Crippen LogP contribution in [0.1, 0.15) is 30.5 Å². The molecule has 0 radical (unpaired) electrons. The lowest BCUT2D eigenvalue weighted by molar-refractivity contribution is 0.410. The van der Waals surface area contributed by atoms with E-state index in [1.54, 1.807) is 7.11 Å². The Morgan fingerprint density at radius 2 is 1.91 bits per heavy atom. The fraction of sp³-hybridized carbons (Fsp3) is 0.444. The second-order valence-electron chi connectivity index (χ2n) is 5.90. The molecule has 0 amide bonds. The highest BCUT2D eigenvalue weighted by molar-refractivity contribution is 5.46. The van der Waals surface area contributed by atoms with Crippen LogP contribution < -0.4 is 15.0 Å².